The molecule has 0 unspecified atom stereocenters. The highest BCUT2D eigenvalue weighted by atomic mass is 16.5. The van der Waals surface area contributed by atoms with E-state index in [0.29, 0.717) is 12.5 Å². The number of morpholine rings is 1. The largest absolute Gasteiger partial charge is 0.493 e. The molecular formula is C18H29NO3. The Morgan fingerprint density at radius 3 is 2.64 bits per heavy atom. The van der Waals surface area contributed by atoms with E-state index in [1.165, 1.54) is 5.56 Å². The van der Waals surface area contributed by atoms with E-state index < -0.39 is 0 Å². The highest BCUT2D eigenvalue weighted by Crippen LogP contribution is 2.29. The summed E-state index contributed by atoms with van der Waals surface area (Å²) in [6.07, 6.45) is 2.23. The summed E-state index contributed by atoms with van der Waals surface area (Å²) < 4.78 is 16.6. The average Bonchev–Trinajstić information content (AvgIpc) is 2.54. The maximum absolute atomic E-state index is 5.80. The molecule has 22 heavy (non-hydrogen) atoms. The smallest absolute Gasteiger partial charge is 0.161 e. The predicted molar refractivity (Wildman–Crippen MR) is 88.9 cm³/mol. The van der Waals surface area contributed by atoms with E-state index in [4.69, 9.17) is 14.2 Å². The minimum Gasteiger partial charge on any atom is -0.493 e. The van der Waals surface area contributed by atoms with Gasteiger partial charge >= 0.3 is 0 Å². The van der Waals surface area contributed by atoms with Crippen molar-refractivity contribution in [3.8, 4) is 11.5 Å². The SMILES string of the molecule is COc1cc(CCCN2CCOCC2)ccc1OCC(C)C. The summed E-state index contributed by atoms with van der Waals surface area (Å²) in [5.41, 5.74) is 1.31. The summed E-state index contributed by atoms with van der Waals surface area (Å²) in [6.45, 7) is 10.0. The van der Waals surface area contributed by atoms with Crippen molar-refractivity contribution >= 4 is 0 Å². The van der Waals surface area contributed by atoms with Crippen LogP contribution in [0.25, 0.3) is 0 Å². The van der Waals surface area contributed by atoms with Crippen LogP contribution in [0.5, 0.6) is 11.5 Å². The lowest BCUT2D eigenvalue weighted by Gasteiger charge is -2.26. The molecule has 0 spiro atoms. The zero-order valence-electron chi connectivity index (χ0n) is 14.1. The molecule has 1 saturated heterocycles. The van der Waals surface area contributed by atoms with Crippen LogP contribution in [-0.2, 0) is 11.2 Å². The molecule has 0 N–H and O–H groups in total. The number of ether oxygens (including phenoxy) is 3. The van der Waals surface area contributed by atoms with Crippen LogP contribution in [0.15, 0.2) is 18.2 Å². The lowest BCUT2D eigenvalue weighted by molar-refractivity contribution is 0.0374. The van der Waals surface area contributed by atoms with E-state index in [-0.39, 0.29) is 0 Å². The van der Waals surface area contributed by atoms with Gasteiger partial charge in [0.05, 0.1) is 26.9 Å². The summed E-state index contributed by atoms with van der Waals surface area (Å²) in [5, 5.41) is 0. The highest BCUT2D eigenvalue weighted by Gasteiger charge is 2.10. The molecule has 0 saturated carbocycles. The number of rotatable bonds is 8. The Morgan fingerprint density at radius 1 is 1.18 bits per heavy atom. The van der Waals surface area contributed by atoms with Gasteiger partial charge in [-0.2, -0.15) is 0 Å². The molecule has 1 aliphatic rings. The minimum atomic E-state index is 0.512. The van der Waals surface area contributed by atoms with E-state index in [0.717, 1.165) is 57.2 Å². The lowest BCUT2D eigenvalue weighted by atomic mass is 10.1. The molecule has 0 amide bonds. The monoisotopic (exact) mass is 307 g/mol. The van der Waals surface area contributed by atoms with E-state index >= 15 is 0 Å². The molecule has 0 aromatic heterocycles. The molecule has 1 fully saturated rings. The Morgan fingerprint density at radius 2 is 1.95 bits per heavy atom. The second kappa shape index (κ2) is 9.01. The van der Waals surface area contributed by atoms with Crippen LogP contribution in [0.2, 0.25) is 0 Å². The predicted octanol–water partition coefficient (Wildman–Crippen LogP) is 2.99. The third-order valence-corrected chi connectivity index (χ3v) is 3.84. The minimum absolute atomic E-state index is 0.512. The van der Waals surface area contributed by atoms with Crippen LogP contribution >= 0.6 is 0 Å². The molecule has 1 aromatic rings. The van der Waals surface area contributed by atoms with Crippen molar-refractivity contribution in [1.82, 2.24) is 4.90 Å². The number of nitrogens with zero attached hydrogens (tertiary/aromatic N) is 1. The number of hydrogen-bond donors (Lipinski definition) is 0. The Labute approximate surface area is 134 Å². The molecular weight excluding hydrogens is 278 g/mol. The van der Waals surface area contributed by atoms with Gasteiger partial charge in [0.1, 0.15) is 0 Å². The zero-order chi connectivity index (χ0) is 15.8. The molecule has 0 bridgehead atoms. The van der Waals surface area contributed by atoms with Gasteiger partial charge in [-0.15, -0.1) is 0 Å². The van der Waals surface area contributed by atoms with Gasteiger partial charge < -0.3 is 14.2 Å². The normalized spacial score (nSPS) is 16.0. The third-order valence-electron chi connectivity index (χ3n) is 3.84. The second-order valence-electron chi connectivity index (χ2n) is 6.25. The Hall–Kier alpha value is -1.26. The molecule has 0 aliphatic carbocycles. The molecule has 0 radical (unpaired) electrons. The molecule has 2 rings (SSSR count). The molecule has 124 valence electrons. The summed E-state index contributed by atoms with van der Waals surface area (Å²) >= 11 is 0. The standard InChI is InChI=1S/C18H29NO3/c1-15(2)14-22-17-7-6-16(13-18(17)20-3)5-4-8-19-9-11-21-12-10-19/h6-7,13,15H,4-5,8-12,14H2,1-3H3. The second-order valence-corrected chi connectivity index (χ2v) is 6.25. The molecule has 4 nitrogen and oxygen atoms in total. The fraction of sp³-hybridized carbons (Fsp3) is 0.667. The zero-order valence-corrected chi connectivity index (χ0v) is 14.1. The average molecular weight is 307 g/mol. The summed E-state index contributed by atoms with van der Waals surface area (Å²) in [7, 11) is 1.70. The first-order valence-electron chi connectivity index (χ1n) is 8.29. The highest BCUT2D eigenvalue weighted by molar-refractivity contribution is 5.43. The van der Waals surface area contributed by atoms with E-state index in [2.05, 4.69) is 30.9 Å². The first-order chi connectivity index (χ1) is 10.7. The van der Waals surface area contributed by atoms with Crippen LogP contribution in [-0.4, -0.2) is 51.5 Å². The third kappa shape index (κ3) is 5.50. The maximum atomic E-state index is 5.80. The fourth-order valence-electron chi connectivity index (χ4n) is 2.57. The van der Waals surface area contributed by atoms with Crippen molar-refractivity contribution in [3.63, 3.8) is 0 Å². The van der Waals surface area contributed by atoms with Crippen molar-refractivity contribution in [3.05, 3.63) is 23.8 Å². The number of hydrogen-bond acceptors (Lipinski definition) is 4. The van der Waals surface area contributed by atoms with Crippen molar-refractivity contribution in [2.24, 2.45) is 5.92 Å². The van der Waals surface area contributed by atoms with E-state index in [1.807, 2.05) is 6.07 Å². The van der Waals surface area contributed by atoms with E-state index in [9.17, 15) is 0 Å². The number of aryl methyl sites for hydroxylation is 1. The van der Waals surface area contributed by atoms with Gasteiger partial charge in [-0.25, -0.2) is 0 Å². The number of methoxy groups -OCH3 is 1. The van der Waals surface area contributed by atoms with Crippen molar-refractivity contribution < 1.29 is 14.2 Å². The van der Waals surface area contributed by atoms with Gasteiger partial charge in [0.2, 0.25) is 0 Å². The summed E-state index contributed by atoms with van der Waals surface area (Å²) in [5.74, 6) is 2.19. The van der Waals surface area contributed by atoms with Crippen molar-refractivity contribution in [1.29, 1.82) is 0 Å². The Kier molecular flexibility index (Phi) is 7.00. The quantitative estimate of drug-likeness (QED) is 0.739. The van der Waals surface area contributed by atoms with Crippen molar-refractivity contribution in [2.75, 3.05) is 46.6 Å². The summed E-state index contributed by atoms with van der Waals surface area (Å²) in [4.78, 5) is 2.47. The van der Waals surface area contributed by atoms with Crippen LogP contribution in [0.1, 0.15) is 25.8 Å². The van der Waals surface area contributed by atoms with Crippen LogP contribution in [0.4, 0.5) is 0 Å². The molecule has 4 heteroatoms. The van der Waals surface area contributed by atoms with E-state index in [1.54, 1.807) is 7.11 Å². The Balaban J connectivity index is 1.83. The van der Waals surface area contributed by atoms with Gasteiger partial charge in [-0.05, 0) is 43.0 Å². The Bertz CT molecular complexity index is 442. The van der Waals surface area contributed by atoms with Gasteiger partial charge in [0, 0.05) is 13.1 Å². The van der Waals surface area contributed by atoms with Gasteiger partial charge in [0.25, 0.3) is 0 Å². The fourth-order valence-corrected chi connectivity index (χ4v) is 2.57. The molecule has 0 atom stereocenters. The topological polar surface area (TPSA) is 30.9 Å². The van der Waals surface area contributed by atoms with Gasteiger partial charge in [-0.3, -0.25) is 4.90 Å². The lowest BCUT2D eigenvalue weighted by Crippen LogP contribution is -2.36. The van der Waals surface area contributed by atoms with Gasteiger partial charge in [0.15, 0.2) is 11.5 Å². The molecule has 1 aromatic carbocycles. The van der Waals surface area contributed by atoms with Crippen LogP contribution in [0, 0.1) is 5.92 Å². The number of benzene rings is 1. The molecule has 1 heterocycles. The summed E-state index contributed by atoms with van der Waals surface area (Å²) in [6, 6.07) is 6.29. The molecule has 1 aliphatic heterocycles. The van der Waals surface area contributed by atoms with Gasteiger partial charge in [-0.1, -0.05) is 19.9 Å². The maximum Gasteiger partial charge on any atom is 0.161 e. The van der Waals surface area contributed by atoms with Crippen LogP contribution < -0.4 is 9.47 Å². The first kappa shape index (κ1) is 17.1. The van der Waals surface area contributed by atoms with Crippen LogP contribution in [0.3, 0.4) is 0 Å². The van der Waals surface area contributed by atoms with Crippen molar-refractivity contribution in [2.45, 2.75) is 26.7 Å². The first-order valence-corrected chi connectivity index (χ1v) is 8.29.